The van der Waals surface area contributed by atoms with Crippen LogP contribution in [0.5, 0.6) is 0 Å². The predicted molar refractivity (Wildman–Crippen MR) is 79.2 cm³/mol. The van der Waals surface area contributed by atoms with Crippen molar-refractivity contribution in [3.05, 3.63) is 18.6 Å². The molecule has 0 aliphatic carbocycles. The van der Waals surface area contributed by atoms with Gasteiger partial charge in [0.1, 0.15) is 5.82 Å². The lowest BCUT2D eigenvalue weighted by molar-refractivity contribution is 0.0839. The second kappa shape index (κ2) is 4.94. The molecule has 20 heavy (non-hydrogen) atoms. The largest absolute Gasteiger partial charge is 0.388 e. The Morgan fingerprint density at radius 1 is 1.50 bits per heavy atom. The number of anilines is 2. The number of nitrogens with zero attached hydrogens (tertiary/aromatic N) is 4. The van der Waals surface area contributed by atoms with Crippen LogP contribution in [0.4, 0.5) is 11.6 Å². The summed E-state index contributed by atoms with van der Waals surface area (Å²) >= 11 is 0. The maximum atomic E-state index is 10.1. The number of aliphatic hydroxyl groups is 1. The van der Waals surface area contributed by atoms with Crippen LogP contribution in [0.25, 0.3) is 5.65 Å². The number of hydrogen-bond acceptors (Lipinski definition) is 5. The molecule has 1 unspecified atom stereocenters. The number of β-amino-alcohol motifs (C(OH)–C–C–N with tert-alkyl or cyclic N) is 1. The summed E-state index contributed by atoms with van der Waals surface area (Å²) in [5, 5.41) is 13.5. The molecule has 0 radical (unpaired) electrons. The van der Waals surface area contributed by atoms with Crippen LogP contribution in [0.1, 0.15) is 26.7 Å². The Kier molecular flexibility index (Phi) is 3.25. The molecule has 1 aliphatic rings. The quantitative estimate of drug-likeness (QED) is 0.885. The van der Waals surface area contributed by atoms with Crippen LogP contribution >= 0.6 is 0 Å². The van der Waals surface area contributed by atoms with Crippen molar-refractivity contribution >= 4 is 17.3 Å². The lowest BCUT2D eigenvalue weighted by Crippen LogP contribution is -2.30. The Bertz CT molecular complexity index is 607. The predicted octanol–water partition coefficient (Wildman–Crippen LogP) is 1.51. The van der Waals surface area contributed by atoms with E-state index in [4.69, 9.17) is 0 Å². The van der Waals surface area contributed by atoms with Gasteiger partial charge in [0.15, 0.2) is 11.5 Å². The summed E-state index contributed by atoms with van der Waals surface area (Å²) in [6.07, 6.45) is 7.46. The Balaban J connectivity index is 1.97. The lowest BCUT2D eigenvalue weighted by atomic mass is 10.1. The zero-order valence-electron chi connectivity index (χ0n) is 12.0. The first-order valence-electron chi connectivity index (χ1n) is 7.14. The number of fused-ring (bicyclic) bond motifs is 1. The molecule has 3 rings (SSSR count). The highest BCUT2D eigenvalue weighted by Crippen LogP contribution is 2.28. The summed E-state index contributed by atoms with van der Waals surface area (Å²) in [7, 11) is 0. The van der Waals surface area contributed by atoms with Gasteiger partial charge in [-0.05, 0) is 19.8 Å². The van der Waals surface area contributed by atoms with Crippen LogP contribution in [-0.2, 0) is 0 Å². The van der Waals surface area contributed by atoms with Crippen molar-refractivity contribution in [2.45, 2.75) is 32.3 Å². The standard InChI is InChI=1S/C14H21N5O/c1-3-5-15-11-9-18-8-6-16-12(18)13(17-11)19-7-4-14(2,20)10-19/h6,8-9,15,20H,3-5,7,10H2,1-2H3. The van der Waals surface area contributed by atoms with Gasteiger partial charge in [0.2, 0.25) is 0 Å². The Morgan fingerprint density at radius 2 is 2.35 bits per heavy atom. The Hall–Kier alpha value is -1.82. The fourth-order valence-corrected chi connectivity index (χ4v) is 2.59. The zero-order chi connectivity index (χ0) is 14.2. The lowest BCUT2D eigenvalue weighted by Gasteiger charge is -2.21. The molecule has 1 fully saturated rings. The first-order chi connectivity index (χ1) is 9.59. The van der Waals surface area contributed by atoms with E-state index in [1.165, 1.54) is 0 Å². The molecule has 0 aromatic carbocycles. The van der Waals surface area contributed by atoms with Crippen molar-refractivity contribution in [3.8, 4) is 0 Å². The molecule has 2 N–H and O–H groups in total. The van der Waals surface area contributed by atoms with E-state index < -0.39 is 5.60 Å². The third-order valence-electron chi connectivity index (χ3n) is 3.66. The molecule has 108 valence electrons. The smallest absolute Gasteiger partial charge is 0.180 e. The maximum absolute atomic E-state index is 10.1. The van der Waals surface area contributed by atoms with Gasteiger partial charge in [0.05, 0.1) is 11.8 Å². The molecule has 6 nitrogen and oxygen atoms in total. The van der Waals surface area contributed by atoms with E-state index in [0.717, 1.165) is 43.2 Å². The summed E-state index contributed by atoms with van der Waals surface area (Å²) in [6, 6.07) is 0. The fourth-order valence-electron chi connectivity index (χ4n) is 2.59. The molecule has 0 saturated carbocycles. The molecule has 0 spiro atoms. The SMILES string of the molecule is CCCNc1cn2ccnc2c(N2CCC(C)(O)C2)n1. The van der Waals surface area contributed by atoms with Gasteiger partial charge in [0, 0.05) is 32.0 Å². The van der Waals surface area contributed by atoms with Gasteiger partial charge in [-0.2, -0.15) is 0 Å². The van der Waals surface area contributed by atoms with Crippen LogP contribution in [-0.4, -0.2) is 44.7 Å². The van der Waals surface area contributed by atoms with Crippen molar-refractivity contribution in [2.75, 3.05) is 29.9 Å². The van der Waals surface area contributed by atoms with Crippen LogP contribution in [0.15, 0.2) is 18.6 Å². The number of hydrogen-bond donors (Lipinski definition) is 2. The van der Waals surface area contributed by atoms with Crippen molar-refractivity contribution < 1.29 is 5.11 Å². The fraction of sp³-hybridized carbons (Fsp3) is 0.571. The molecule has 0 bridgehead atoms. The highest BCUT2D eigenvalue weighted by atomic mass is 16.3. The first-order valence-corrected chi connectivity index (χ1v) is 7.14. The van der Waals surface area contributed by atoms with E-state index in [0.29, 0.717) is 6.54 Å². The molecule has 1 aliphatic heterocycles. The Morgan fingerprint density at radius 3 is 3.05 bits per heavy atom. The molecule has 1 atom stereocenters. The van der Waals surface area contributed by atoms with E-state index in [9.17, 15) is 5.11 Å². The monoisotopic (exact) mass is 275 g/mol. The van der Waals surface area contributed by atoms with Gasteiger partial charge in [-0.25, -0.2) is 9.97 Å². The normalized spacial score (nSPS) is 22.6. The number of nitrogens with one attached hydrogen (secondary N) is 1. The zero-order valence-corrected chi connectivity index (χ0v) is 12.0. The summed E-state index contributed by atoms with van der Waals surface area (Å²) < 4.78 is 1.98. The van der Waals surface area contributed by atoms with E-state index in [-0.39, 0.29) is 0 Å². The van der Waals surface area contributed by atoms with Crippen LogP contribution in [0.3, 0.4) is 0 Å². The van der Waals surface area contributed by atoms with Crippen molar-refractivity contribution in [1.29, 1.82) is 0 Å². The van der Waals surface area contributed by atoms with Crippen LogP contribution in [0.2, 0.25) is 0 Å². The summed E-state index contributed by atoms with van der Waals surface area (Å²) in [5.74, 6) is 1.69. The minimum atomic E-state index is -0.641. The van der Waals surface area contributed by atoms with Gasteiger partial charge in [-0.3, -0.25) is 0 Å². The van der Waals surface area contributed by atoms with E-state index in [1.54, 1.807) is 6.20 Å². The molecular formula is C14H21N5O. The number of aromatic nitrogens is 3. The second-order valence-corrected chi connectivity index (χ2v) is 5.70. The maximum Gasteiger partial charge on any atom is 0.180 e. The number of imidazole rings is 1. The minimum Gasteiger partial charge on any atom is -0.388 e. The molecule has 2 aromatic rings. The van der Waals surface area contributed by atoms with E-state index in [2.05, 4.69) is 27.1 Å². The van der Waals surface area contributed by atoms with Crippen molar-refractivity contribution in [3.63, 3.8) is 0 Å². The molecular weight excluding hydrogens is 254 g/mol. The molecule has 0 amide bonds. The van der Waals surface area contributed by atoms with Crippen molar-refractivity contribution in [2.24, 2.45) is 0 Å². The van der Waals surface area contributed by atoms with E-state index in [1.807, 2.05) is 23.7 Å². The van der Waals surface area contributed by atoms with Crippen molar-refractivity contribution in [1.82, 2.24) is 14.4 Å². The minimum absolute atomic E-state index is 0.597. The molecule has 2 aromatic heterocycles. The van der Waals surface area contributed by atoms with E-state index >= 15 is 0 Å². The van der Waals surface area contributed by atoms with Gasteiger partial charge < -0.3 is 19.7 Å². The highest BCUT2D eigenvalue weighted by molar-refractivity contribution is 5.67. The highest BCUT2D eigenvalue weighted by Gasteiger charge is 2.33. The molecule has 6 heteroatoms. The average Bonchev–Trinajstić information content (AvgIpc) is 3.01. The Labute approximate surface area is 118 Å². The topological polar surface area (TPSA) is 65.7 Å². The van der Waals surface area contributed by atoms with Crippen LogP contribution in [0, 0.1) is 0 Å². The van der Waals surface area contributed by atoms with Gasteiger partial charge in [-0.1, -0.05) is 6.92 Å². The van der Waals surface area contributed by atoms with Crippen LogP contribution < -0.4 is 10.2 Å². The summed E-state index contributed by atoms with van der Waals surface area (Å²) in [4.78, 5) is 11.2. The number of rotatable bonds is 4. The first kappa shape index (κ1) is 13.2. The van der Waals surface area contributed by atoms with Gasteiger partial charge in [0.25, 0.3) is 0 Å². The third kappa shape index (κ3) is 2.43. The second-order valence-electron chi connectivity index (χ2n) is 5.70. The average molecular weight is 275 g/mol. The molecule has 3 heterocycles. The molecule has 1 saturated heterocycles. The van der Waals surface area contributed by atoms with Gasteiger partial charge in [-0.15, -0.1) is 0 Å². The summed E-state index contributed by atoms with van der Waals surface area (Å²) in [6.45, 7) is 6.29. The summed E-state index contributed by atoms with van der Waals surface area (Å²) in [5.41, 5.74) is 0.197. The third-order valence-corrected chi connectivity index (χ3v) is 3.66. The van der Waals surface area contributed by atoms with Gasteiger partial charge >= 0.3 is 0 Å².